The quantitative estimate of drug-likeness (QED) is 0.681. The SMILES string of the molecule is O=C(C1CC1)N1CCc2nc3cc([C@@H]4CCCCN4Cc4ccsc4)[nH]n3c(=O)c2C1. The number of carbonyl (C=O) groups is 1. The number of hydrogen-bond donors (Lipinski definition) is 1. The predicted octanol–water partition coefficient (Wildman–Crippen LogP) is 3.11. The van der Waals surface area contributed by atoms with Crippen molar-refractivity contribution in [1.29, 1.82) is 0 Å². The summed E-state index contributed by atoms with van der Waals surface area (Å²) in [6.07, 6.45) is 6.11. The summed E-state index contributed by atoms with van der Waals surface area (Å²) in [6, 6.07) is 4.51. The van der Waals surface area contributed by atoms with Crippen LogP contribution in [0, 0.1) is 5.92 Å². The molecular weight excluding hydrogens is 410 g/mol. The Morgan fingerprint density at radius 2 is 2.13 bits per heavy atom. The van der Waals surface area contributed by atoms with Gasteiger partial charge in [-0.2, -0.15) is 11.3 Å². The molecule has 1 N–H and O–H groups in total. The summed E-state index contributed by atoms with van der Waals surface area (Å²) in [5, 5.41) is 7.71. The summed E-state index contributed by atoms with van der Waals surface area (Å²) in [5.74, 6) is 0.382. The van der Waals surface area contributed by atoms with Crippen LogP contribution in [0.5, 0.6) is 0 Å². The lowest BCUT2D eigenvalue weighted by molar-refractivity contribution is -0.133. The molecule has 1 amide bonds. The van der Waals surface area contributed by atoms with Crippen molar-refractivity contribution in [2.24, 2.45) is 5.92 Å². The summed E-state index contributed by atoms with van der Waals surface area (Å²) in [4.78, 5) is 35.0. The molecule has 2 aliphatic heterocycles. The zero-order chi connectivity index (χ0) is 20.9. The molecule has 0 bridgehead atoms. The van der Waals surface area contributed by atoms with Crippen molar-refractivity contribution in [3.8, 4) is 0 Å². The second kappa shape index (κ2) is 7.60. The van der Waals surface area contributed by atoms with E-state index in [4.69, 9.17) is 4.98 Å². The van der Waals surface area contributed by atoms with E-state index in [0.717, 1.165) is 43.7 Å². The van der Waals surface area contributed by atoms with Gasteiger partial charge in [-0.1, -0.05) is 6.42 Å². The lowest BCUT2D eigenvalue weighted by Gasteiger charge is -2.34. The minimum absolute atomic E-state index is 0.0558. The van der Waals surface area contributed by atoms with Gasteiger partial charge in [0.25, 0.3) is 5.56 Å². The van der Waals surface area contributed by atoms with Crippen LogP contribution in [-0.4, -0.2) is 43.4 Å². The second-order valence-electron chi connectivity index (χ2n) is 9.15. The molecule has 0 spiro atoms. The lowest BCUT2D eigenvalue weighted by atomic mass is 9.99. The van der Waals surface area contributed by atoms with Crippen LogP contribution in [0.3, 0.4) is 0 Å². The molecule has 0 aromatic carbocycles. The number of carbonyl (C=O) groups excluding carboxylic acids is 1. The van der Waals surface area contributed by atoms with Crippen molar-refractivity contribution in [2.45, 2.75) is 57.7 Å². The van der Waals surface area contributed by atoms with E-state index in [-0.39, 0.29) is 23.4 Å². The van der Waals surface area contributed by atoms with Crippen molar-refractivity contribution >= 4 is 22.9 Å². The molecule has 1 saturated heterocycles. The average molecular weight is 438 g/mol. The Bertz CT molecular complexity index is 1180. The highest BCUT2D eigenvalue weighted by Crippen LogP contribution is 2.33. The zero-order valence-corrected chi connectivity index (χ0v) is 18.4. The highest BCUT2D eigenvalue weighted by Gasteiger charge is 2.36. The van der Waals surface area contributed by atoms with E-state index in [1.54, 1.807) is 15.9 Å². The Balaban J connectivity index is 1.32. The number of H-pyrrole nitrogens is 1. The average Bonchev–Trinajstić information content (AvgIpc) is 3.35. The Morgan fingerprint density at radius 3 is 2.94 bits per heavy atom. The molecule has 2 fully saturated rings. The Morgan fingerprint density at radius 1 is 1.23 bits per heavy atom. The molecular formula is C23H27N5O2S. The molecule has 1 atom stereocenters. The van der Waals surface area contributed by atoms with E-state index < -0.39 is 0 Å². The van der Waals surface area contributed by atoms with Gasteiger partial charge in [0, 0.05) is 31.5 Å². The van der Waals surface area contributed by atoms with Gasteiger partial charge in [0.1, 0.15) is 0 Å². The van der Waals surface area contributed by atoms with E-state index >= 15 is 0 Å². The van der Waals surface area contributed by atoms with Gasteiger partial charge in [0.2, 0.25) is 5.91 Å². The highest BCUT2D eigenvalue weighted by molar-refractivity contribution is 7.07. The van der Waals surface area contributed by atoms with Crippen molar-refractivity contribution in [3.05, 3.63) is 55.8 Å². The first kappa shape index (κ1) is 19.3. The Hall–Kier alpha value is -2.45. The maximum atomic E-state index is 13.3. The second-order valence-corrected chi connectivity index (χ2v) is 9.93. The number of likely N-dealkylation sites (tertiary alicyclic amines) is 1. The third-order valence-electron chi connectivity index (χ3n) is 6.96. The van der Waals surface area contributed by atoms with Crippen molar-refractivity contribution < 1.29 is 4.79 Å². The van der Waals surface area contributed by atoms with Crippen LogP contribution in [0.4, 0.5) is 0 Å². The van der Waals surface area contributed by atoms with Gasteiger partial charge in [-0.3, -0.25) is 19.6 Å². The number of amides is 1. The fourth-order valence-electron chi connectivity index (χ4n) is 5.10. The van der Waals surface area contributed by atoms with Crippen LogP contribution < -0.4 is 5.56 Å². The van der Waals surface area contributed by atoms with Gasteiger partial charge in [-0.15, -0.1) is 0 Å². The van der Waals surface area contributed by atoms with Gasteiger partial charge in [0.05, 0.1) is 29.5 Å². The molecule has 1 aliphatic carbocycles. The zero-order valence-electron chi connectivity index (χ0n) is 17.5. The van der Waals surface area contributed by atoms with Gasteiger partial charge < -0.3 is 4.90 Å². The topological polar surface area (TPSA) is 73.7 Å². The number of aromatic amines is 1. The van der Waals surface area contributed by atoms with Gasteiger partial charge >= 0.3 is 0 Å². The minimum atomic E-state index is -0.0558. The molecule has 8 heteroatoms. The van der Waals surface area contributed by atoms with Gasteiger partial charge in [-0.05, 0) is 54.6 Å². The van der Waals surface area contributed by atoms with Crippen molar-refractivity contribution in [1.82, 2.24) is 24.4 Å². The van der Waals surface area contributed by atoms with E-state index in [2.05, 4.69) is 32.9 Å². The first-order chi connectivity index (χ1) is 15.2. The van der Waals surface area contributed by atoms with E-state index in [1.807, 2.05) is 4.90 Å². The standard InChI is InChI=1S/C23H27N5O2S/c29-22(16-4-5-16)27-9-6-18-17(13-27)23(30)28-21(24-18)11-19(25-28)20-3-1-2-8-26(20)12-15-7-10-31-14-15/h7,10-11,14,16,20,25H,1-6,8-9,12-13H2/t20-/m0/s1. The number of nitrogens with zero attached hydrogens (tertiary/aromatic N) is 4. The molecule has 5 heterocycles. The van der Waals surface area contributed by atoms with E-state index in [0.29, 0.717) is 30.7 Å². The molecule has 3 aliphatic rings. The third kappa shape index (κ3) is 3.51. The molecule has 3 aromatic heterocycles. The molecule has 3 aromatic rings. The smallest absolute Gasteiger partial charge is 0.277 e. The lowest BCUT2D eigenvalue weighted by Crippen LogP contribution is -2.41. The first-order valence-electron chi connectivity index (χ1n) is 11.3. The van der Waals surface area contributed by atoms with Crippen molar-refractivity contribution in [2.75, 3.05) is 13.1 Å². The summed E-state index contributed by atoms with van der Waals surface area (Å²) >= 11 is 1.73. The summed E-state index contributed by atoms with van der Waals surface area (Å²) in [5.41, 5.74) is 4.58. The first-order valence-corrected chi connectivity index (χ1v) is 12.3. The summed E-state index contributed by atoms with van der Waals surface area (Å²) in [6.45, 7) is 3.05. The van der Waals surface area contributed by atoms with Crippen molar-refractivity contribution in [3.63, 3.8) is 0 Å². The van der Waals surface area contributed by atoms with Crippen LogP contribution in [0.1, 0.15) is 60.7 Å². The van der Waals surface area contributed by atoms with E-state index in [1.165, 1.54) is 18.4 Å². The number of piperidine rings is 1. The summed E-state index contributed by atoms with van der Waals surface area (Å²) < 4.78 is 1.59. The number of thiophene rings is 1. The van der Waals surface area contributed by atoms with Crippen LogP contribution in [0.25, 0.3) is 5.65 Å². The molecule has 31 heavy (non-hydrogen) atoms. The fraction of sp³-hybridized carbons (Fsp3) is 0.522. The Labute approximate surface area is 184 Å². The maximum absolute atomic E-state index is 13.3. The van der Waals surface area contributed by atoms with Crippen LogP contribution in [-0.2, 0) is 24.3 Å². The molecule has 0 radical (unpaired) electrons. The largest absolute Gasteiger partial charge is 0.337 e. The molecule has 162 valence electrons. The number of rotatable bonds is 4. The fourth-order valence-corrected chi connectivity index (χ4v) is 5.76. The highest BCUT2D eigenvalue weighted by atomic mass is 32.1. The van der Waals surface area contributed by atoms with Gasteiger partial charge in [-0.25, -0.2) is 9.50 Å². The molecule has 1 saturated carbocycles. The number of fused-ring (bicyclic) bond motifs is 2. The predicted molar refractivity (Wildman–Crippen MR) is 119 cm³/mol. The molecule has 0 unspecified atom stereocenters. The van der Waals surface area contributed by atoms with E-state index in [9.17, 15) is 9.59 Å². The third-order valence-corrected chi connectivity index (χ3v) is 7.69. The van der Waals surface area contributed by atoms with Crippen LogP contribution >= 0.6 is 11.3 Å². The molecule has 7 nitrogen and oxygen atoms in total. The van der Waals surface area contributed by atoms with Crippen LogP contribution in [0.15, 0.2) is 27.7 Å². The monoisotopic (exact) mass is 437 g/mol. The number of hydrogen-bond acceptors (Lipinski definition) is 5. The number of nitrogens with one attached hydrogen (secondary N) is 1. The summed E-state index contributed by atoms with van der Waals surface area (Å²) in [7, 11) is 0. The van der Waals surface area contributed by atoms with Crippen LogP contribution in [0.2, 0.25) is 0 Å². The molecule has 6 rings (SSSR count). The maximum Gasteiger partial charge on any atom is 0.277 e. The van der Waals surface area contributed by atoms with Gasteiger partial charge in [0.15, 0.2) is 5.65 Å². The normalized spacial score (nSPS) is 22.1. The Kier molecular flexibility index (Phi) is 4.72. The number of aromatic nitrogens is 3. The minimum Gasteiger partial charge on any atom is -0.337 e.